The van der Waals surface area contributed by atoms with Gasteiger partial charge in [0.05, 0.1) is 4.90 Å². The van der Waals surface area contributed by atoms with Crippen LogP contribution in [-0.2, 0) is 9.84 Å². The average Bonchev–Trinajstić information content (AvgIpc) is 2.40. The highest BCUT2D eigenvalue weighted by molar-refractivity contribution is 14.1. The van der Waals surface area contributed by atoms with Crippen LogP contribution in [0.4, 0.5) is 0 Å². The van der Waals surface area contributed by atoms with Crippen LogP contribution >= 0.6 is 22.6 Å². The largest absolute Gasteiger partial charge is 0.293 e. The molecule has 0 heterocycles. The first-order chi connectivity index (χ1) is 8.99. The Morgan fingerprint density at radius 3 is 2.11 bits per heavy atom. The van der Waals surface area contributed by atoms with Gasteiger partial charge in [0.2, 0.25) is 0 Å². The Kier molecular flexibility index (Phi) is 4.36. The molecule has 0 atom stereocenters. The van der Waals surface area contributed by atoms with E-state index in [9.17, 15) is 13.2 Å². The number of hydrogen-bond donors (Lipinski definition) is 0. The molecule has 0 saturated heterocycles. The lowest BCUT2D eigenvalue weighted by Crippen LogP contribution is -2.16. The van der Waals surface area contributed by atoms with Crippen LogP contribution in [0.3, 0.4) is 0 Å². The fourth-order valence-electron chi connectivity index (χ4n) is 1.61. The molecular weight excluding hydrogens is 375 g/mol. The van der Waals surface area contributed by atoms with E-state index < -0.39 is 15.6 Å². The van der Waals surface area contributed by atoms with Crippen molar-refractivity contribution in [1.82, 2.24) is 0 Å². The number of carbonyl (C=O) groups excluding carboxylic acids is 1. The van der Waals surface area contributed by atoms with Gasteiger partial charge in [-0.15, -0.1) is 0 Å². The number of carbonyl (C=O) groups is 1. The lowest BCUT2D eigenvalue weighted by atomic mass is 10.2. The zero-order chi connectivity index (χ0) is 13.9. The summed E-state index contributed by atoms with van der Waals surface area (Å²) in [5, 5.41) is 0. The van der Waals surface area contributed by atoms with Crippen LogP contribution in [0.2, 0.25) is 0 Å². The van der Waals surface area contributed by atoms with Crippen molar-refractivity contribution < 1.29 is 13.2 Å². The molecule has 0 aliphatic heterocycles. The van der Waals surface area contributed by atoms with E-state index in [1.807, 2.05) is 0 Å². The van der Waals surface area contributed by atoms with Gasteiger partial charge in [0.15, 0.2) is 15.6 Å². The standard InChI is InChI=1S/C14H11IO3S/c15-12-6-8-13(9-7-12)19(17,18)10-14(16)11-4-2-1-3-5-11/h1-9H,10H2. The first-order valence-corrected chi connectivity index (χ1v) is 8.29. The molecule has 0 saturated carbocycles. The van der Waals surface area contributed by atoms with Gasteiger partial charge < -0.3 is 0 Å². The monoisotopic (exact) mass is 386 g/mol. The minimum Gasteiger partial charge on any atom is -0.293 e. The third-order valence-electron chi connectivity index (χ3n) is 2.59. The van der Waals surface area contributed by atoms with Gasteiger partial charge in [-0.25, -0.2) is 8.42 Å². The van der Waals surface area contributed by atoms with E-state index in [0.29, 0.717) is 5.56 Å². The molecule has 0 fully saturated rings. The second-order valence-corrected chi connectivity index (χ2v) is 7.24. The van der Waals surface area contributed by atoms with Gasteiger partial charge in [0.25, 0.3) is 0 Å². The summed E-state index contributed by atoms with van der Waals surface area (Å²) in [6.45, 7) is 0. The Labute approximate surface area is 125 Å². The molecule has 0 radical (unpaired) electrons. The van der Waals surface area contributed by atoms with Crippen LogP contribution in [0.15, 0.2) is 59.5 Å². The molecule has 2 aromatic rings. The quantitative estimate of drug-likeness (QED) is 0.600. The molecule has 2 aromatic carbocycles. The summed E-state index contributed by atoms with van der Waals surface area (Å²) < 4.78 is 25.2. The highest BCUT2D eigenvalue weighted by atomic mass is 127. The van der Waals surface area contributed by atoms with Crippen LogP contribution < -0.4 is 0 Å². The number of sulfone groups is 1. The smallest absolute Gasteiger partial charge is 0.185 e. The van der Waals surface area contributed by atoms with Gasteiger partial charge in [-0.2, -0.15) is 0 Å². The van der Waals surface area contributed by atoms with Crippen LogP contribution in [0.5, 0.6) is 0 Å². The Morgan fingerprint density at radius 2 is 1.53 bits per heavy atom. The van der Waals surface area contributed by atoms with Crippen LogP contribution in [0.25, 0.3) is 0 Å². The number of ketones is 1. The second kappa shape index (κ2) is 5.83. The Balaban J connectivity index is 2.23. The maximum absolute atomic E-state index is 12.1. The number of rotatable bonds is 4. The van der Waals surface area contributed by atoms with E-state index in [1.54, 1.807) is 42.5 Å². The fraction of sp³-hybridized carbons (Fsp3) is 0.0714. The van der Waals surface area contributed by atoms with Gasteiger partial charge in [0, 0.05) is 9.13 Å². The molecule has 0 aliphatic carbocycles. The first-order valence-electron chi connectivity index (χ1n) is 5.55. The zero-order valence-electron chi connectivity index (χ0n) is 9.91. The lowest BCUT2D eigenvalue weighted by molar-refractivity contribution is 0.102. The van der Waals surface area contributed by atoms with E-state index in [-0.39, 0.29) is 10.7 Å². The highest BCUT2D eigenvalue weighted by Gasteiger charge is 2.20. The van der Waals surface area contributed by atoms with Gasteiger partial charge in [-0.05, 0) is 46.9 Å². The summed E-state index contributed by atoms with van der Waals surface area (Å²) in [5.74, 6) is -0.892. The fourth-order valence-corrected chi connectivity index (χ4v) is 3.19. The predicted molar refractivity (Wildman–Crippen MR) is 82.0 cm³/mol. The Hall–Kier alpha value is -1.21. The van der Waals surface area contributed by atoms with Crippen molar-refractivity contribution in [3.8, 4) is 0 Å². The maximum atomic E-state index is 12.1. The number of halogens is 1. The van der Waals surface area contributed by atoms with E-state index in [0.717, 1.165) is 3.57 Å². The second-order valence-electron chi connectivity index (χ2n) is 4.00. The molecule has 0 aromatic heterocycles. The van der Waals surface area contributed by atoms with E-state index >= 15 is 0 Å². The Morgan fingerprint density at radius 1 is 0.947 bits per heavy atom. The van der Waals surface area contributed by atoms with Gasteiger partial charge >= 0.3 is 0 Å². The molecule has 98 valence electrons. The van der Waals surface area contributed by atoms with Crippen LogP contribution in [0, 0.1) is 3.57 Å². The molecule has 0 amide bonds. The first kappa shape index (κ1) is 14.2. The van der Waals surface area contributed by atoms with Crippen molar-refractivity contribution in [3.63, 3.8) is 0 Å². The SMILES string of the molecule is O=C(CS(=O)(=O)c1ccc(I)cc1)c1ccccc1. The third kappa shape index (κ3) is 3.63. The van der Waals surface area contributed by atoms with Crippen molar-refractivity contribution in [3.05, 3.63) is 63.7 Å². The molecule has 2 rings (SSSR count). The summed E-state index contributed by atoms with van der Waals surface area (Å²) >= 11 is 2.10. The molecule has 19 heavy (non-hydrogen) atoms. The minimum atomic E-state index is -3.58. The molecule has 0 bridgehead atoms. The summed E-state index contributed by atoms with van der Waals surface area (Å²) in [6, 6.07) is 14.9. The molecule has 0 spiro atoms. The molecule has 0 aliphatic rings. The number of benzene rings is 2. The number of Topliss-reactive ketones (excluding diaryl/α,β-unsaturated/α-hetero) is 1. The van der Waals surface area contributed by atoms with Crippen LogP contribution in [-0.4, -0.2) is 20.0 Å². The third-order valence-corrected chi connectivity index (χ3v) is 4.94. The molecule has 0 unspecified atom stereocenters. The average molecular weight is 386 g/mol. The van der Waals surface area contributed by atoms with Crippen molar-refractivity contribution in [2.24, 2.45) is 0 Å². The highest BCUT2D eigenvalue weighted by Crippen LogP contribution is 2.15. The molecule has 5 heteroatoms. The molecular formula is C14H11IO3S. The van der Waals surface area contributed by atoms with E-state index in [1.165, 1.54) is 12.1 Å². The van der Waals surface area contributed by atoms with Gasteiger partial charge in [-0.1, -0.05) is 30.3 Å². The number of hydrogen-bond acceptors (Lipinski definition) is 3. The summed E-state index contributed by atoms with van der Waals surface area (Å²) in [6.07, 6.45) is 0. The van der Waals surface area contributed by atoms with Gasteiger partial charge in [-0.3, -0.25) is 4.79 Å². The zero-order valence-corrected chi connectivity index (χ0v) is 12.9. The normalized spacial score (nSPS) is 11.2. The lowest BCUT2D eigenvalue weighted by Gasteiger charge is -2.04. The van der Waals surface area contributed by atoms with Gasteiger partial charge in [0.1, 0.15) is 5.75 Å². The minimum absolute atomic E-state index is 0.178. The molecule has 0 N–H and O–H groups in total. The van der Waals surface area contributed by atoms with Crippen molar-refractivity contribution in [2.45, 2.75) is 4.90 Å². The summed E-state index contributed by atoms with van der Waals surface area (Å²) in [7, 11) is -3.58. The van der Waals surface area contributed by atoms with Crippen LogP contribution in [0.1, 0.15) is 10.4 Å². The topological polar surface area (TPSA) is 51.2 Å². The summed E-state index contributed by atoms with van der Waals surface area (Å²) in [5.41, 5.74) is 0.414. The summed E-state index contributed by atoms with van der Waals surface area (Å²) in [4.78, 5) is 12.1. The predicted octanol–water partition coefficient (Wildman–Crippen LogP) is 2.95. The van der Waals surface area contributed by atoms with E-state index in [2.05, 4.69) is 22.6 Å². The maximum Gasteiger partial charge on any atom is 0.185 e. The molecule has 3 nitrogen and oxygen atoms in total. The van der Waals surface area contributed by atoms with Crippen molar-refractivity contribution in [1.29, 1.82) is 0 Å². The van der Waals surface area contributed by atoms with E-state index in [4.69, 9.17) is 0 Å². The van der Waals surface area contributed by atoms with Crippen molar-refractivity contribution >= 4 is 38.2 Å². The van der Waals surface area contributed by atoms with Crippen molar-refractivity contribution in [2.75, 3.05) is 5.75 Å². The Bertz CT molecular complexity index is 676.